The third-order valence-electron chi connectivity index (χ3n) is 3.52. The quantitative estimate of drug-likeness (QED) is 0.751. The van der Waals surface area contributed by atoms with Crippen LogP contribution in [0.5, 0.6) is 0 Å². The summed E-state index contributed by atoms with van der Waals surface area (Å²) in [6, 6.07) is 8.66. The van der Waals surface area contributed by atoms with Crippen LogP contribution in [0.1, 0.15) is 18.9 Å². The van der Waals surface area contributed by atoms with Gasteiger partial charge in [0.2, 0.25) is 0 Å². The Labute approximate surface area is 91.9 Å². The van der Waals surface area contributed by atoms with Crippen LogP contribution in [-0.4, -0.2) is 27.3 Å². The molecule has 0 radical (unpaired) electrons. The first kappa shape index (κ1) is 10.5. The summed E-state index contributed by atoms with van der Waals surface area (Å²) in [7, 11) is 3.95. The van der Waals surface area contributed by atoms with Crippen LogP contribution in [0.4, 0.5) is 5.69 Å². The highest BCUT2D eigenvalue weighted by Gasteiger charge is 2.39. The van der Waals surface area contributed by atoms with Crippen LogP contribution >= 0.6 is 0 Å². The fourth-order valence-corrected chi connectivity index (χ4v) is 2.68. The maximum atomic E-state index is 5.40. The number of rotatable bonds is 3. The zero-order chi connectivity index (χ0) is 10.9. The summed E-state index contributed by atoms with van der Waals surface area (Å²) in [5.41, 5.74) is 2.99. The number of nitrogens with zero attached hydrogens (tertiary/aromatic N) is 1. The number of anilines is 1. The van der Waals surface area contributed by atoms with Gasteiger partial charge >= 0.3 is 0 Å². The van der Waals surface area contributed by atoms with Crippen molar-refractivity contribution in [2.75, 3.05) is 32.2 Å². The molecule has 1 unspecified atom stereocenters. The second-order valence-electron chi connectivity index (χ2n) is 4.44. The van der Waals surface area contributed by atoms with Crippen LogP contribution in [0.3, 0.4) is 0 Å². The molecule has 2 heteroatoms. The lowest BCUT2D eigenvalue weighted by Crippen LogP contribution is -2.35. The molecule has 1 aromatic rings. The molecular weight excluding hydrogens is 186 g/mol. The van der Waals surface area contributed by atoms with Crippen molar-refractivity contribution in [3.8, 4) is 0 Å². The van der Waals surface area contributed by atoms with Gasteiger partial charge in [0, 0.05) is 31.8 Å². The molecule has 1 aliphatic rings. The number of para-hydroxylation sites is 1. The zero-order valence-corrected chi connectivity index (χ0v) is 9.79. The van der Waals surface area contributed by atoms with Crippen LogP contribution in [0.25, 0.3) is 0 Å². The van der Waals surface area contributed by atoms with Gasteiger partial charge in [0.05, 0.1) is 6.61 Å². The van der Waals surface area contributed by atoms with Crippen molar-refractivity contribution in [2.45, 2.75) is 18.8 Å². The fraction of sp³-hybridized carbons (Fsp3) is 0.538. The highest BCUT2D eigenvalue weighted by atomic mass is 16.5. The Hall–Kier alpha value is -1.02. The molecule has 0 aliphatic carbocycles. The Kier molecular flexibility index (Phi) is 2.70. The van der Waals surface area contributed by atoms with Gasteiger partial charge in [0.25, 0.3) is 0 Å². The molecule has 1 atom stereocenters. The first-order chi connectivity index (χ1) is 7.23. The molecule has 0 fully saturated rings. The molecule has 82 valence electrons. The van der Waals surface area contributed by atoms with E-state index in [9.17, 15) is 0 Å². The normalized spacial score (nSPS) is 24.3. The summed E-state index contributed by atoms with van der Waals surface area (Å²) in [6.07, 6.45) is 1.13. The predicted molar refractivity (Wildman–Crippen MR) is 63.6 cm³/mol. The Morgan fingerprint density at radius 1 is 1.40 bits per heavy atom. The van der Waals surface area contributed by atoms with Gasteiger partial charge in [-0.3, -0.25) is 0 Å². The van der Waals surface area contributed by atoms with E-state index in [0.29, 0.717) is 0 Å². The number of benzene rings is 1. The van der Waals surface area contributed by atoms with Crippen LogP contribution < -0.4 is 4.90 Å². The van der Waals surface area contributed by atoms with E-state index < -0.39 is 0 Å². The second kappa shape index (κ2) is 3.86. The average molecular weight is 205 g/mol. The molecular formula is C13H19NO. The third kappa shape index (κ3) is 1.53. The highest BCUT2D eigenvalue weighted by Crippen LogP contribution is 2.42. The zero-order valence-electron chi connectivity index (χ0n) is 9.79. The lowest BCUT2D eigenvalue weighted by atomic mass is 9.81. The fourth-order valence-electron chi connectivity index (χ4n) is 2.68. The predicted octanol–water partition coefficient (Wildman–Crippen LogP) is 2.43. The van der Waals surface area contributed by atoms with E-state index in [1.54, 1.807) is 7.11 Å². The number of methoxy groups -OCH3 is 1. The lowest BCUT2D eigenvalue weighted by Gasteiger charge is -2.27. The largest absolute Gasteiger partial charge is 0.384 e. The Bertz CT molecular complexity index is 350. The van der Waals surface area contributed by atoms with Crippen molar-refractivity contribution < 1.29 is 4.74 Å². The number of likely N-dealkylation sites (N-methyl/N-ethyl adjacent to an activating group) is 1. The summed E-state index contributed by atoms with van der Waals surface area (Å²) < 4.78 is 5.40. The van der Waals surface area contributed by atoms with Gasteiger partial charge in [0.15, 0.2) is 0 Å². The number of hydrogen-bond donors (Lipinski definition) is 0. The summed E-state index contributed by atoms with van der Waals surface area (Å²) in [6.45, 7) is 4.12. The van der Waals surface area contributed by atoms with Crippen molar-refractivity contribution in [1.29, 1.82) is 0 Å². The monoisotopic (exact) mass is 205 g/mol. The van der Waals surface area contributed by atoms with E-state index >= 15 is 0 Å². The molecule has 2 nitrogen and oxygen atoms in total. The van der Waals surface area contributed by atoms with Crippen LogP contribution in [-0.2, 0) is 10.2 Å². The van der Waals surface area contributed by atoms with E-state index in [4.69, 9.17) is 4.74 Å². The lowest BCUT2D eigenvalue weighted by molar-refractivity contribution is 0.134. The van der Waals surface area contributed by atoms with E-state index in [0.717, 1.165) is 19.6 Å². The van der Waals surface area contributed by atoms with Gasteiger partial charge in [-0.15, -0.1) is 0 Å². The van der Waals surface area contributed by atoms with Gasteiger partial charge in [-0.1, -0.05) is 25.1 Å². The minimum absolute atomic E-state index is 0.195. The Balaban J connectivity index is 2.45. The first-order valence-electron chi connectivity index (χ1n) is 5.53. The smallest absolute Gasteiger partial charge is 0.0576 e. The van der Waals surface area contributed by atoms with Gasteiger partial charge in [-0.05, 0) is 18.1 Å². The van der Waals surface area contributed by atoms with Crippen LogP contribution in [0.15, 0.2) is 24.3 Å². The highest BCUT2D eigenvalue weighted by molar-refractivity contribution is 5.62. The molecule has 1 heterocycles. The molecule has 0 amide bonds. The third-order valence-corrected chi connectivity index (χ3v) is 3.52. The molecule has 0 bridgehead atoms. The molecule has 0 saturated heterocycles. The summed E-state index contributed by atoms with van der Waals surface area (Å²) in [5, 5.41) is 0. The van der Waals surface area contributed by atoms with E-state index in [1.807, 2.05) is 0 Å². The second-order valence-corrected chi connectivity index (χ2v) is 4.44. The minimum atomic E-state index is 0.195. The van der Waals surface area contributed by atoms with Gasteiger partial charge < -0.3 is 9.64 Å². The van der Waals surface area contributed by atoms with Crippen LogP contribution in [0, 0.1) is 0 Å². The molecule has 2 rings (SSSR count). The van der Waals surface area contributed by atoms with Crippen molar-refractivity contribution in [2.24, 2.45) is 0 Å². The summed E-state index contributed by atoms with van der Waals surface area (Å²) >= 11 is 0. The van der Waals surface area contributed by atoms with Crippen molar-refractivity contribution in [1.82, 2.24) is 0 Å². The average Bonchev–Trinajstić information content (AvgIpc) is 2.55. The van der Waals surface area contributed by atoms with Crippen molar-refractivity contribution in [3.63, 3.8) is 0 Å². The molecule has 1 aliphatic heterocycles. The van der Waals surface area contributed by atoms with Crippen molar-refractivity contribution in [3.05, 3.63) is 29.8 Å². The summed E-state index contributed by atoms with van der Waals surface area (Å²) in [4.78, 5) is 2.33. The van der Waals surface area contributed by atoms with Gasteiger partial charge in [0.1, 0.15) is 0 Å². The van der Waals surface area contributed by atoms with Gasteiger partial charge in [-0.2, -0.15) is 0 Å². The molecule has 15 heavy (non-hydrogen) atoms. The van der Waals surface area contributed by atoms with Crippen LogP contribution in [0.2, 0.25) is 0 Å². The Morgan fingerprint density at radius 3 is 2.80 bits per heavy atom. The van der Waals surface area contributed by atoms with E-state index in [-0.39, 0.29) is 5.41 Å². The maximum Gasteiger partial charge on any atom is 0.0576 e. The standard InChI is InChI=1S/C13H19NO/c1-4-13(10-15-3)9-14(2)12-8-6-5-7-11(12)13/h5-8H,4,9-10H2,1-3H3. The number of fused-ring (bicyclic) bond motifs is 1. The van der Waals surface area contributed by atoms with Gasteiger partial charge in [-0.25, -0.2) is 0 Å². The minimum Gasteiger partial charge on any atom is -0.384 e. The topological polar surface area (TPSA) is 12.5 Å². The SMILES string of the molecule is CCC1(COC)CN(C)c2ccccc21. The molecule has 0 saturated carbocycles. The molecule has 1 aromatic carbocycles. The first-order valence-corrected chi connectivity index (χ1v) is 5.53. The molecule has 0 N–H and O–H groups in total. The number of hydrogen-bond acceptors (Lipinski definition) is 2. The maximum absolute atomic E-state index is 5.40. The molecule has 0 spiro atoms. The Morgan fingerprint density at radius 2 is 2.13 bits per heavy atom. The van der Waals surface area contributed by atoms with E-state index in [1.165, 1.54) is 11.3 Å². The summed E-state index contributed by atoms with van der Waals surface area (Å²) in [5.74, 6) is 0. The number of ether oxygens (including phenoxy) is 1. The van der Waals surface area contributed by atoms with Crippen molar-refractivity contribution >= 4 is 5.69 Å². The molecule has 0 aromatic heterocycles. The van der Waals surface area contributed by atoms with E-state index in [2.05, 4.69) is 43.1 Å².